The average molecular weight is 443 g/mol. The molecule has 0 bridgehead atoms. The largest absolute Gasteiger partial charge is 0.496 e. The Labute approximate surface area is 173 Å². The van der Waals surface area contributed by atoms with Crippen LogP contribution in [0, 0.1) is 0 Å². The monoisotopic (exact) mass is 442 g/mol. The van der Waals surface area contributed by atoms with Crippen LogP contribution in [0.4, 0.5) is 0 Å². The van der Waals surface area contributed by atoms with Crippen molar-refractivity contribution in [2.45, 2.75) is 25.8 Å². The molecule has 0 N–H and O–H groups in total. The van der Waals surface area contributed by atoms with Gasteiger partial charge in [-0.05, 0) is 64.7 Å². The Morgan fingerprint density at radius 3 is 2.61 bits per heavy atom. The molecule has 0 saturated heterocycles. The summed E-state index contributed by atoms with van der Waals surface area (Å²) in [5.41, 5.74) is 3.11. The van der Waals surface area contributed by atoms with Gasteiger partial charge in [0, 0.05) is 13.5 Å². The number of carbonyl (C=O) groups is 1. The van der Waals surface area contributed by atoms with Gasteiger partial charge in [-0.1, -0.05) is 18.2 Å². The molecule has 0 aliphatic carbocycles. The lowest BCUT2D eigenvalue weighted by atomic mass is 10.1. The van der Waals surface area contributed by atoms with Gasteiger partial charge in [-0.25, -0.2) is 9.67 Å². The van der Waals surface area contributed by atoms with Crippen LogP contribution in [0.15, 0.2) is 59.6 Å². The molecular weight excluding hydrogens is 420 g/mol. The number of benzene rings is 2. The number of halogens is 1. The number of nitrogens with zero attached hydrogens (tertiary/aromatic N) is 4. The Balaban J connectivity index is 1.60. The first-order valence-corrected chi connectivity index (χ1v) is 9.82. The maximum Gasteiger partial charge on any atom is 0.223 e. The summed E-state index contributed by atoms with van der Waals surface area (Å²) in [5, 5.41) is 4.12. The first-order chi connectivity index (χ1) is 13.5. The summed E-state index contributed by atoms with van der Waals surface area (Å²) in [6.07, 6.45) is 4.30. The maximum absolute atomic E-state index is 12.7. The smallest absolute Gasteiger partial charge is 0.223 e. The number of aryl methyl sites for hydroxylation is 1. The number of rotatable bonds is 7. The fourth-order valence-corrected chi connectivity index (χ4v) is 3.57. The van der Waals surface area contributed by atoms with Gasteiger partial charge in [0.1, 0.15) is 18.4 Å². The number of carbonyl (C=O) groups excluding carboxylic acids is 1. The van der Waals surface area contributed by atoms with Crippen molar-refractivity contribution in [3.05, 3.63) is 70.7 Å². The van der Waals surface area contributed by atoms with Crippen LogP contribution in [0.2, 0.25) is 0 Å². The summed E-state index contributed by atoms with van der Waals surface area (Å²) in [6, 6.07) is 13.9. The highest BCUT2D eigenvalue weighted by Gasteiger charge is 2.17. The highest BCUT2D eigenvalue weighted by atomic mass is 79.9. The molecule has 6 nitrogen and oxygen atoms in total. The first kappa shape index (κ1) is 20.1. The van der Waals surface area contributed by atoms with Crippen molar-refractivity contribution in [3.63, 3.8) is 0 Å². The van der Waals surface area contributed by atoms with E-state index in [1.54, 1.807) is 23.0 Å². The SMILES string of the molecule is COc1ccc(CCC(=O)N(C)C(C)c2ccc(-n3cncn3)cc2)cc1Br. The van der Waals surface area contributed by atoms with Gasteiger partial charge in [-0.15, -0.1) is 0 Å². The molecule has 3 rings (SSSR count). The molecule has 7 heteroatoms. The van der Waals surface area contributed by atoms with Crippen molar-refractivity contribution >= 4 is 21.8 Å². The van der Waals surface area contributed by atoms with E-state index in [1.165, 1.54) is 6.33 Å². The van der Waals surface area contributed by atoms with E-state index in [2.05, 4.69) is 26.0 Å². The Hall–Kier alpha value is -2.67. The van der Waals surface area contributed by atoms with Crippen LogP contribution in [0.25, 0.3) is 5.69 Å². The molecule has 0 fully saturated rings. The van der Waals surface area contributed by atoms with E-state index in [4.69, 9.17) is 4.74 Å². The average Bonchev–Trinajstić information content (AvgIpc) is 3.26. The van der Waals surface area contributed by atoms with Crippen LogP contribution in [-0.2, 0) is 11.2 Å². The molecule has 0 aliphatic rings. The van der Waals surface area contributed by atoms with Crippen molar-refractivity contribution < 1.29 is 9.53 Å². The molecule has 1 atom stereocenters. The van der Waals surface area contributed by atoms with E-state index < -0.39 is 0 Å². The van der Waals surface area contributed by atoms with E-state index in [0.717, 1.165) is 27.0 Å². The number of amides is 1. The summed E-state index contributed by atoms with van der Waals surface area (Å²) >= 11 is 3.49. The van der Waals surface area contributed by atoms with E-state index in [1.807, 2.05) is 56.4 Å². The minimum absolute atomic E-state index is 0.0140. The van der Waals surface area contributed by atoms with Crippen LogP contribution in [0.5, 0.6) is 5.75 Å². The molecule has 0 aliphatic heterocycles. The quantitative estimate of drug-likeness (QED) is 0.550. The summed E-state index contributed by atoms with van der Waals surface area (Å²) in [5.74, 6) is 0.898. The van der Waals surface area contributed by atoms with Crippen molar-refractivity contribution in [3.8, 4) is 11.4 Å². The summed E-state index contributed by atoms with van der Waals surface area (Å²) in [7, 11) is 3.49. The summed E-state index contributed by atoms with van der Waals surface area (Å²) in [4.78, 5) is 18.4. The number of aromatic nitrogens is 3. The first-order valence-electron chi connectivity index (χ1n) is 9.02. The molecule has 1 amide bonds. The van der Waals surface area contributed by atoms with Crippen LogP contribution >= 0.6 is 15.9 Å². The van der Waals surface area contributed by atoms with Gasteiger partial charge >= 0.3 is 0 Å². The molecule has 3 aromatic rings. The van der Waals surface area contributed by atoms with Crippen LogP contribution in [0.3, 0.4) is 0 Å². The predicted octanol–water partition coefficient (Wildman–Crippen LogP) is 4.19. The fraction of sp³-hybridized carbons (Fsp3) is 0.286. The van der Waals surface area contributed by atoms with Gasteiger partial charge in [0.05, 0.1) is 23.3 Å². The minimum atomic E-state index is -0.0140. The Kier molecular flexibility index (Phi) is 6.46. The second-order valence-corrected chi connectivity index (χ2v) is 7.44. The van der Waals surface area contributed by atoms with Crippen LogP contribution < -0.4 is 4.74 Å². The van der Waals surface area contributed by atoms with Crippen molar-refractivity contribution in [2.75, 3.05) is 14.2 Å². The zero-order valence-electron chi connectivity index (χ0n) is 16.2. The zero-order chi connectivity index (χ0) is 20.1. The fourth-order valence-electron chi connectivity index (χ4n) is 2.98. The molecule has 0 saturated carbocycles. The Morgan fingerprint density at radius 2 is 2.00 bits per heavy atom. The van der Waals surface area contributed by atoms with Crippen LogP contribution in [0.1, 0.15) is 30.5 Å². The molecule has 0 spiro atoms. The van der Waals surface area contributed by atoms with E-state index in [0.29, 0.717) is 12.8 Å². The molecule has 1 unspecified atom stereocenters. The Morgan fingerprint density at radius 1 is 1.25 bits per heavy atom. The number of methoxy groups -OCH3 is 1. The number of hydrogen-bond donors (Lipinski definition) is 0. The third kappa shape index (κ3) is 4.59. The third-order valence-electron chi connectivity index (χ3n) is 4.88. The second kappa shape index (κ2) is 9.01. The predicted molar refractivity (Wildman–Crippen MR) is 112 cm³/mol. The molecule has 28 heavy (non-hydrogen) atoms. The van der Waals surface area contributed by atoms with Gasteiger partial charge in [0.2, 0.25) is 5.91 Å². The normalized spacial score (nSPS) is 11.9. The lowest BCUT2D eigenvalue weighted by Gasteiger charge is -2.25. The summed E-state index contributed by atoms with van der Waals surface area (Å²) in [6.45, 7) is 2.03. The highest BCUT2D eigenvalue weighted by Crippen LogP contribution is 2.26. The van der Waals surface area contributed by atoms with Crippen molar-refractivity contribution in [1.29, 1.82) is 0 Å². The van der Waals surface area contributed by atoms with Gasteiger partial charge in [-0.2, -0.15) is 5.10 Å². The maximum atomic E-state index is 12.7. The van der Waals surface area contributed by atoms with E-state index in [9.17, 15) is 4.79 Å². The third-order valence-corrected chi connectivity index (χ3v) is 5.50. The molecule has 146 valence electrons. The Bertz CT molecular complexity index is 926. The van der Waals surface area contributed by atoms with Gasteiger partial charge < -0.3 is 9.64 Å². The standard InChI is InChI=1S/C21H23BrN4O2/c1-15(17-6-8-18(9-7-17)26-14-23-13-24-26)25(2)21(27)11-5-16-4-10-20(28-3)19(22)12-16/h4,6-10,12-15H,5,11H2,1-3H3. The van der Waals surface area contributed by atoms with Crippen LogP contribution in [-0.4, -0.2) is 39.7 Å². The molecule has 1 heterocycles. The number of hydrogen-bond acceptors (Lipinski definition) is 4. The second-order valence-electron chi connectivity index (χ2n) is 6.58. The summed E-state index contributed by atoms with van der Waals surface area (Å²) < 4.78 is 7.85. The molecule has 2 aromatic carbocycles. The highest BCUT2D eigenvalue weighted by molar-refractivity contribution is 9.10. The lowest BCUT2D eigenvalue weighted by Crippen LogP contribution is -2.29. The van der Waals surface area contributed by atoms with E-state index in [-0.39, 0.29) is 11.9 Å². The molecular formula is C21H23BrN4O2. The molecule has 1 aromatic heterocycles. The topological polar surface area (TPSA) is 60.2 Å². The zero-order valence-corrected chi connectivity index (χ0v) is 17.8. The lowest BCUT2D eigenvalue weighted by molar-refractivity contribution is -0.131. The van der Waals surface area contributed by atoms with Gasteiger partial charge in [0.15, 0.2) is 0 Å². The minimum Gasteiger partial charge on any atom is -0.496 e. The van der Waals surface area contributed by atoms with Crippen molar-refractivity contribution in [2.24, 2.45) is 0 Å². The van der Waals surface area contributed by atoms with E-state index >= 15 is 0 Å². The number of ether oxygens (including phenoxy) is 1. The van der Waals surface area contributed by atoms with Gasteiger partial charge in [-0.3, -0.25) is 4.79 Å². The van der Waals surface area contributed by atoms with Gasteiger partial charge in [0.25, 0.3) is 0 Å². The van der Waals surface area contributed by atoms with Crippen molar-refractivity contribution in [1.82, 2.24) is 19.7 Å². The molecule has 0 radical (unpaired) electrons.